The second-order valence-corrected chi connectivity index (χ2v) is 11.7. The van der Waals surface area contributed by atoms with Gasteiger partial charge in [-0.05, 0) is 40.7 Å². The molecule has 0 N–H and O–H groups in total. The van der Waals surface area contributed by atoms with Gasteiger partial charge in [-0.2, -0.15) is 0 Å². The maximum atomic E-state index is 3.66. The Labute approximate surface area is 146 Å². The van der Waals surface area contributed by atoms with Crippen molar-refractivity contribution in [1.29, 1.82) is 0 Å². The van der Waals surface area contributed by atoms with Crippen molar-refractivity contribution in [3.8, 4) is 0 Å². The molecule has 3 heteroatoms. The van der Waals surface area contributed by atoms with Gasteiger partial charge in [-0.3, -0.25) is 0 Å². The molecular weight excluding hydrogens is 362 g/mol. The van der Waals surface area contributed by atoms with E-state index < -0.39 is 8.07 Å². The van der Waals surface area contributed by atoms with Crippen molar-refractivity contribution >= 4 is 51.4 Å². The zero-order chi connectivity index (χ0) is 16.0. The first kappa shape index (κ1) is 14.7. The van der Waals surface area contributed by atoms with E-state index in [9.17, 15) is 0 Å². The molecule has 1 nitrogen and oxygen atoms in total. The first-order valence-corrected chi connectivity index (χ1v) is 11.6. The third-order valence-corrected chi connectivity index (χ3v) is 8.74. The van der Waals surface area contributed by atoms with Gasteiger partial charge in [0.05, 0.1) is 0 Å². The van der Waals surface area contributed by atoms with E-state index in [0.29, 0.717) is 0 Å². The third-order valence-electron chi connectivity index (χ3n) is 4.71. The van der Waals surface area contributed by atoms with E-state index in [4.69, 9.17) is 0 Å². The maximum Gasteiger partial charge on any atom is 0.117 e. The number of hydrogen-bond donors (Lipinski definition) is 0. The molecule has 0 radical (unpaired) electrons. The Kier molecular flexibility index (Phi) is 3.43. The Morgan fingerprint density at radius 2 is 1.39 bits per heavy atom. The fourth-order valence-corrected chi connectivity index (χ4v) is 6.86. The maximum absolute atomic E-state index is 3.66. The third kappa shape index (κ3) is 2.27. The summed E-state index contributed by atoms with van der Waals surface area (Å²) in [4.78, 5) is 2.40. The summed E-state index contributed by atoms with van der Waals surface area (Å²) in [5.74, 6) is 0. The van der Waals surface area contributed by atoms with Gasteiger partial charge in [0.1, 0.15) is 8.07 Å². The first-order chi connectivity index (χ1) is 11.1. The molecule has 3 aromatic rings. The van der Waals surface area contributed by atoms with Crippen LogP contribution in [0.1, 0.15) is 0 Å². The fourth-order valence-electron chi connectivity index (χ4n) is 3.55. The lowest BCUT2D eigenvalue weighted by molar-refractivity contribution is 1.28. The number of nitrogens with zero attached hydrogens (tertiary/aromatic N) is 1. The van der Waals surface area contributed by atoms with Gasteiger partial charge in [-0.15, -0.1) is 0 Å². The highest BCUT2D eigenvalue weighted by Crippen LogP contribution is 2.38. The SMILES string of the molecule is C[Si]1(C)c2ccccc2N(c2ccccc2)c2cc(Br)ccc21. The minimum atomic E-state index is -1.69. The van der Waals surface area contributed by atoms with Crippen LogP contribution in [-0.2, 0) is 0 Å². The second kappa shape index (κ2) is 5.36. The Morgan fingerprint density at radius 1 is 0.739 bits per heavy atom. The lowest BCUT2D eigenvalue weighted by Crippen LogP contribution is -2.58. The van der Waals surface area contributed by atoms with Crippen molar-refractivity contribution in [1.82, 2.24) is 0 Å². The molecular formula is C20H18BrNSi. The molecule has 23 heavy (non-hydrogen) atoms. The number of fused-ring (bicyclic) bond motifs is 2. The molecule has 0 spiro atoms. The van der Waals surface area contributed by atoms with Crippen molar-refractivity contribution in [3.63, 3.8) is 0 Å². The molecule has 0 aliphatic carbocycles. The fraction of sp³-hybridized carbons (Fsp3) is 0.100. The minimum absolute atomic E-state index is 1.13. The van der Waals surface area contributed by atoms with Crippen LogP contribution in [0, 0.1) is 0 Å². The first-order valence-electron chi connectivity index (χ1n) is 7.84. The number of rotatable bonds is 1. The van der Waals surface area contributed by atoms with Gasteiger partial charge in [-0.1, -0.05) is 71.5 Å². The highest BCUT2D eigenvalue weighted by Gasteiger charge is 2.38. The highest BCUT2D eigenvalue weighted by atomic mass is 79.9. The standard InChI is InChI=1S/C20H18BrNSi/c1-23(2)19-11-7-6-10-17(19)22(16-8-4-3-5-9-16)18-14-15(21)12-13-20(18)23/h3-14H,1-2H3. The van der Waals surface area contributed by atoms with Gasteiger partial charge in [-0.25, -0.2) is 0 Å². The Hall–Kier alpha value is -1.84. The van der Waals surface area contributed by atoms with E-state index in [-0.39, 0.29) is 0 Å². The molecule has 1 aliphatic heterocycles. The molecule has 1 aliphatic rings. The number of benzene rings is 3. The highest BCUT2D eigenvalue weighted by molar-refractivity contribution is 9.10. The summed E-state index contributed by atoms with van der Waals surface area (Å²) in [6.07, 6.45) is 0. The van der Waals surface area contributed by atoms with Gasteiger partial charge < -0.3 is 4.90 Å². The lowest BCUT2D eigenvalue weighted by atomic mass is 10.2. The van der Waals surface area contributed by atoms with E-state index in [1.54, 1.807) is 0 Å². The number of halogens is 1. The molecule has 0 amide bonds. The summed E-state index contributed by atoms with van der Waals surface area (Å²) in [5.41, 5.74) is 3.84. The van der Waals surface area contributed by atoms with E-state index in [2.05, 4.69) is 107 Å². The van der Waals surface area contributed by atoms with Gasteiger partial charge in [0, 0.05) is 21.5 Å². The summed E-state index contributed by atoms with van der Waals surface area (Å²) in [6.45, 7) is 4.89. The van der Waals surface area contributed by atoms with E-state index in [1.165, 1.54) is 27.4 Å². The molecule has 3 aromatic carbocycles. The van der Waals surface area contributed by atoms with E-state index in [0.717, 1.165) is 4.47 Å². The second-order valence-electron chi connectivity index (χ2n) is 6.47. The summed E-state index contributed by atoms with van der Waals surface area (Å²) in [7, 11) is -1.69. The Morgan fingerprint density at radius 3 is 2.17 bits per heavy atom. The summed E-state index contributed by atoms with van der Waals surface area (Å²) in [5, 5.41) is 2.99. The molecule has 1 heterocycles. The predicted octanol–water partition coefficient (Wildman–Crippen LogP) is 5.05. The normalized spacial score (nSPS) is 15.0. The predicted molar refractivity (Wildman–Crippen MR) is 106 cm³/mol. The Balaban J connectivity index is 2.06. The summed E-state index contributed by atoms with van der Waals surface area (Å²) in [6, 6.07) is 26.2. The molecule has 0 bridgehead atoms. The van der Waals surface area contributed by atoms with Crippen LogP contribution in [0.3, 0.4) is 0 Å². The smallest absolute Gasteiger partial charge is 0.117 e. The lowest BCUT2D eigenvalue weighted by Gasteiger charge is -2.41. The number of anilines is 3. The molecule has 4 rings (SSSR count). The molecule has 0 saturated carbocycles. The van der Waals surface area contributed by atoms with Crippen LogP contribution in [0.4, 0.5) is 17.1 Å². The summed E-state index contributed by atoms with van der Waals surface area (Å²) < 4.78 is 1.13. The monoisotopic (exact) mass is 379 g/mol. The van der Waals surface area contributed by atoms with Crippen molar-refractivity contribution in [2.75, 3.05) is 4.90 Å². The molecule has 0 fully saturated rings. The average Bonchev–Trinajstić information content (AvgIpc) is 2.56. The topological polar surface area (TPSA) is 3.24 Å². The average molecular weight is 380 g/mol. The van der Waals surface area contributed by atoms with Crippen molar-refractivity contribution in [3.05, 3.63) is 77.3 Å². The molecule has 0 saturated heterocycles. The number of hydrogen-bond acceptors (Lipinski definition) is 1. The largest absolute Gasteiger partial charge is 0.311 e. The molecule has 0 atom stereocenters. The zero-order valence-electron chi connectivity index (χ0n) is 13.3. The van der Waals surface area contributed by atoms with Crippen LogP contribution in [0.2, 0.25) is 13.1 Å². The van der Waals surface area contributed by atoms with E-state index in [1.807, 2.05) is 0 Å². The van der Waals surface area contributed by atoms with Gasteiger partial charge in [0.15, 0.2) is 0 Å². The quantitative estimate of drug-likeness (QED) is 0.534. The summed E-state index contributed by atoms with van der Waals surface area (Å²) >= 11 is 3.66. The van der Waals surface area contributed by atoms with Crippen LogP contribution in [0.25, 0.3) is 0 Å². The van der Waals surface area contributed by atoms with Crippen LogP contribution < -0.4 is 15.3 Å². The van der Waals surface area contributed by atoms with Crippen molar-refractivity contribution in [2.24, 2.45) is 0 Å². The van der Waals surface area contributed by atoms with Crippen LogP contribution in [0.5, 0.6) is 0 Å². The van der Waals surface area contributed by atoms with Crippen LogP contribution in [0.15, 0.2) is 77.3 Å². The van der Waals surface area contributed by atoms with Crippen LogP contribution in [-0.4, -0.2) is 8.07 Å². The van der Waals surface area contributed by atoms with E-state index >= 15 is 0 Å². The molecule has 0 unspecified atom stereocenters. The van der Waals surface area contributed by atoms with Crippen molar-refractivity contribution < 1.29 is 0 Å². The van der Waals surface area contributed by atoms with Crippen molar-refractivity contribution in [2.45, 2.75) is 13.1 Å². The zero-order valence-corrected chi connectivity index (χ0v) is 15.8. The Bertz CT molecular complexity index is 874. The molecule has 0 aromatic heterocycles. The van der Waals surface area contributed by atoms with Gasteiger partial charge >= 0.3 is 0 Å². The molecule has 114 valence electrons. The van der Waals surface area contributed by atoms with Gasteiger partial charge in [0.25, 0.3) is 0 Å². The minimum Gasteiger partial charge on any atom is -0.311 e. The number of para-hydroxylation sites is 2. The van der Waals surface area contributed by atoms with Crippen LogP contribution >= 0.6 is 15.9 Å². The van der Waals surface area contributed by atoms with Gasteiger partial charge in [0.2, 0.25) is 0 Å².